The van der Waals surface area contributed by atoms with Crippen molar-refractivity contribution in [2.24, 2.45) is 0 Å². The first-order chi connectivity index (χ1) is 10.7. The molecule has 0 bridgehead atoms. The van der Waals surface area contributed by atoms with Crippen LogP contribution in [-0.4, -0.2) is 23.8 Å². The Kier molecular flexibility index (Phi) is 4.68. The molecule has 1 aromatic heterocycles. The van der Waals surface area contributed by atoms with Crippen molar-refractivity contribution in [2.45, 2.75) is 19.3 Å². The normalized spacial score (nSPS) is 15.4. The lowest BCUT2D eigenvalue weighted by Gasteiger charge is -2.24. The first-order valence-corrected chi connectivity index (χ1v) is 8.42. The molecule has 0 saturated carbocycles. The van der Waals surface area contributed by atoms with E-state index in [9.17, 15) is 9.18 Å². The van der Waals surface area contributed by atoms with E-state index < -0.39 is 0 Å². The van der Waals surface area contributed by atoms with Gasteiger partial charge in [0, 0.05) is 30.9 Å². The van der Waals surface area contributed by atoms with Crippen LogP contribution in [0.4, 0.5) is 4.39 Å². The highest BCUT2D eigenvalue weighted by atomic mass is 32.1. The van der Waals surface area contributed by atoms with E-state index >= 15 is 0 Å². The largest absolute Gasteiger partial charge is 0.377 e. The highest BCUT2D eigenvalue weighted by Gasteiger charge is 2.11. The van der Waals surface area contributed by atoms with Gasteiger partial charge in [-0.2, -0.15) is 0 Å². The Balaban J connectivity index is 1.72. The Bertz CT molecular complexity index is 686. The van der Waals surface area contributed by atoms with Crippen molar-refractivity contribution in [3.63, 3.8) is 0 Å². The van der Waals surface area contributed by atoms with Crippen molar-refractivity contribution in [3.05, 3.63) is 58.7 Å². The average Bonchev–Trinajstić information content (AvgIpc) is 3.04. The molecule has 3 rings (SSSR count). The van der Waals surface area contributed by atoms with Crippen LogP contribution in [0, 0.1) is 5.82 Å². The third-order valence-electron chi connectivity index (χ3n) is 3.85. The van der Waals surface area contributed by atoms with Gasteiger partial charge in [-0.15, -0.1) is 11.3 Å². The molecule has 2 heterocycles. The van der Waals surface area contributed by atoms with Gasteiger partial charge in [-0.1, -0.05) is 18.2 Å². The van der Waals surface area contributed by atoms with Crippen LogP contribution in [0.25, 0.3) is 11.1 Å². The van der Waals surface area contributed by atoms with E-state index in [-0.39, 0.29) is 11.6 Å². The summed E-state index contributed by atoms with van der Waals surface area (Å²) < 4.78 is 13.8. The molecule has 2 nitrogen and oxygen atoms in total. The molecule has 0 amide bonds. The Hall–Kier alpha value is -1.94. The van der Waals surface area contributed by atoms with Gasteiger partial charge in [0.25, 0.3) is 0 Å². The van der Waals surface area contributed by atoms with Crippen molar-refractivity contribution >= 4 is 17.1 Å². The first-order valence-electron chi connectivity index (χ1n) is 7.54. The molecule has 2 aromatic rings. The van der Waals surface area contributed by atoms with Crippen LogP contribution >= 0.6 is 11.3 Å². The predicted octanol–water partition coefficient (Wildman–Crippen LogP) is 4.74. The zero-order chi connectivity index (χ0) is 15.4. The summed E-state index contributed by atoms with van der Waals surface area (Å²) in [4.78, 5) is 15.1. The molecule has 1 aromatic carbocycles. The van der Waals surface area contributed by atoms with E-state index in [1.54, 1.807) is 30.3 Å². The average molecular weight is 315 g/mol. The Labute approximate surface area is 133 Å². The summed E-state index contributed by atoms with van der Waals surface area (Å²) in [5.74, 6) is -0.277. The third-order valence-corrected chi connectivity index (χ3v) is 4.80. The van der Waals surface area contributed by atoms with Crippen molar-refractivity contribution in [2.75, 3.05) is 13.1 Å². The molecule has 0 spiro atoms. The smallest absolute Gasteiger partial charge is 0.197 e. The molecule has 22 heavy (non-hydrogen) atoms. The third kappa shape index (κ3) is 3.45. The molecule has 0 aliphatic carbocycles. The number of rotatable bonds is 4. The maximum absolute atomic E-state index is 13.8. The van der Waals surface area contributed by atoms with Crippen molar-refractivity contribution < 1.29 is 9.18 Å². The summed E-state index contributed by atoms with van der Waals surface area (Å²) in [5, 5.41) is 1.83. The lowest BCUT2D eigenvalue weighted by atomic mass is 10.1. The van der Waals surface area contributed by atoms with Gasteiger partial charge in [-0.3, -0.25) is 4.79 Å². The predicted molar refractivity (Wildman–Crippen MR) is 88.6 cm³/mol. The second kappa shape index (κ2) is 6.88. The van der Waals surface area contributed by atoms with Crippen LogP contribution in [0.2, 0.25) is 0 Å². The van der Waals surface area contributed by atoms with Crippen LogP contribution in [-0.2, 0) is 0 Å². The summed E-state index contributed by atoms with van der Waals surface area (Å²) in [6.45, 7) is 2.05. The molecule has 1 saturated heterocycles. The molecule has 1 fully saturated rings. The summed E-state index contributed by atoms with van der Waals surface area (Å²) in [6, 6.07) is 8.40. The fourth-order valence-corrected chi connectivity index (χ4v) is 3.45. The Morgan fingerprint density at radius 1 is 1.18 bits per heavy atom. The van der Waals surface area contributed by atoms with Gasteiger partial charge in [0.05, 0.1) is 4.88 Å². The molecule has 1 aliphatic heterocycles. The Morgan fingerprint density at radius 3 is 2.73 bits per heavy atom. The molecule has 0 radical (unpaired) electrons. The van der Waals surface area contributed by atoms with Crippen LogP contribution in [0.1, 0.15) is 28.9 Å². The van der Waals surface area contributed by atoms with Crippen LogP contribution in [0.15, 0.2) is 48.0 Å². The molecule has 0 unspecified atom stereocenters. The Morgan fingerprint density at radius 2 is 1.95 bits per heavy atom. The monoisotopic (exact) mass is 315 g/mol. The number of nitrogens with zero attached hydrogens (tertiary/aromatic N) is 1. The highest BCUT2D eigenvalue weighted by molar-refractivity contribution is 7.12. The highest BCUT2D eigenvalue weighted by Crippen LogP contribution is 2.28. The lowest BCUT2D eigenvalue weighted by molar-refractivity contribution is 0.104. The van der Waals surface area contributed by atoms with Gasteiger partial charge in [0.15, 0.2) is 5.78 Å². The van der Waals surface area contributed by atoms with E-state index in [4.69, 9.17) is 0 Å². The van der Waals surface area contributed by atoms with Gasteiger partial charge in [-0.05, 0) is 42.3 Å². The number of hydrogen-bond acceptors (Lipinski definition) is 3. The summed E-state index contributed by atoms with van der Waals surface area (Å²) in [7, 11) is 0. The number of benzene rings is 1. The maximum Gasteiger partial charge on any atom is 0.197 e. The molecule has 1 aliphatic rings. The number of carbonyl (C=O) groups is 1. The fourth-order valence-electron chi connectivity index (χ4n) is 2.62. The van der Waals surface area contributed by atoms with Gasteiger partial charge in [0.1, 0.15) is 5.82 Å². The van der Waals surface area contributed by atoms with E-state index in [1.807, 2.05) is 11.6 Å². The summed E-state index contributed by atoms with van der Waals surface area (Å²) in [5.41, 5.74) is 1.30. The fraction of sp³-hybridized carbons (Fsp3) is 0.278. The number of allylic oxidation sites excluding steroid dienone is 1. The van der Waals surface area contributed by atoms with Crippen molar-refractivity contribution in [3.8, 4) is 11.1 Å². The quantitative estimate of drug-likeness (QED) is 0.600. The number of likely N-dealkylation sites (tertiary alicyclic amines) is 1. The van der Waals surface area contributed by atoms with Crippen LogP contribution < -0.4 is 0 Å². The van der Waals surface area contributed by atoms with Crippen molar-refractivity contribution in [1.82, 2.24) is 4.90 Å². The number of halogens is 1. The molecule has 0 atom stereocenters. The van der Waals surface area contributed by atoms with Gasteiger partial charge in [0.2, 0.25) is 0 Å². The minimum Gasteiger partial charge on any atom is -0.377 e. The zero-order valence-electron chi connectivity index (χ0n) is 12.3. The van der Waals surface area contributed by atoms with E-state index in [0.29, 0.717) is 10.4 Å². The topological polar surface area (TPSA) is 20.3 Å². The second-order valence-electron chi connectivity index (χ2n) is 5.46. The van der Waals surface area contributed by atoms with Crippen LogP contribution in [0.3, 0.4) is 0 Å². The molecule has 114 valence electrons. The number of carbonyl (C=O) groups excluding carboxylic acids is 1. The lowest BCUT2D eigenvalue weighted by Crippen LogP contribution is -2.24. The standard InChI is InChI=1S/C18H18FNOS/c19-16-7-3-2-6-15(16)14-12-18(22-13-14)17(21)8-11-20-9-4-1-5-10-20/h2-3,6-8,11-13H,1,4-5,9-10H2. The minimum absolute atomic E-state index is 0.0156. The SMILES string of the molecule is O=C(C=CN1CCCCC1)c1cc(-c2ccccc2F)cs1. The number of ketones is 1. The summed E-state index contributed by atoms with van der Waals surface area (Å²) >= 11 is 1.36. The molecule has 4 heteroatoms. The van der Waals surface area contributed by atoms with E-state index in [1.165, 1.54) is 36.7 Å². The van der Waals surface area contributed by atoms with Gasteiger partial charge >= 0.3 is 0 Å². The van der Waals surface area contributed by atoms with Gasteiger partial charge in [-0.25, -0.2) is 4.39 Å². The molecule has 0 N–H and O–H groups in total. The van der Waals surface area contributed by atoms with Gasteiger partial charge < -0.3 is 4.90 Å². The van der Waals surface area contributed by atoms with E-state index in [0.717, 1.165) is 18.7 Å². The van der Waals surface area contributed by atoms with E-state index in [2.05, 4.69) is 4.90 Å². The maximum atomic E-state index is 13.8. The second-order valence-corrected chi connectivity index (χ2v) is 6.37. The minimum atomic E-state index is -0.261. The zero-order valence-corrected chi connectivity index (χ0v) is 13.1. The van der Waals surface area contributed by atoms with Crippen LogP contribution in [0.5, 0.6) is 0 Å². The first kappa shape index (κ1) is 15.0. The summed E-state index contributed by atoms with van der Waals surface area (Å²) in [6.07, 6.45) is 7.17. The molecular formula is C18H18FNOS. The number of thiophene rings is 1. The molecular weight excluding hydrogens is 297 g/mol. The van der Waals surface area contributed by atoms with Crippen molar-refractivity contribution in [1.29, 1.82) is 0 Å². The number of piperidine rings is 1. The number of hydrogen-bond donors (Lipinski definition) is 0.